The van der Waals surface area contributed by atoms with E-state index in [9.17, 15) is 4.79 Å². The number of anilines is 1. The molecule has 0 spiro atoms. The van der Waals surface area contributed by atoms with Gasteiger partial charge in [0.15, 0.2) is 0 Å². The molecule has 148 valence electrons. The Morgan fingerprint density at radius 3 is 2.44 bits per heavy atom. The Bertz CT molecular complexity index is 613. The van der Waals surface area contributed by atoms with Gasteiger partial charge < -0.3 is 15.8 Å². The normalized spacial score (nSPS) is 31.4. The van der Waals surface area contributed by atoms with Crippen LogP contribution in [0.1, 0.15) is 37.7 Å². The number of benzene rings is 1. The number of morpholine rings is 1. The number of hydrogen-bond acceptors (Lipinski definition) is 4. The lowest BCUT2D eigenvalue weighted by atomic mass is 9.65. The molecule has 1 amide bonds. The van der Waals surface area contributed by atoms with E-state index in [1.165, 1.54) is 24.8 Å². The molecule has 1 saturated heterocycles. The van der Waals surface area contributed by atoms with Crippen LogP contribution >= 0.6 is 0 Å². The standard InChI is InChI=1S/C22H33N3O2/c23-21-17-2-1-3-18(21)15-19(14-17)22(26)24-20-6-4-16(5-7-20)8-9-25-10-12-27-13-11-25/h4-7,17-19,21H,1-3,8-15,23H2,(H,24,26). The highest BCUT2D eigenvalue weighted by Crippen LogP contribution is 2.42. The van der Waals surface area contributed by atoms with Gasteiger partial charge in [-0.05, 0) is 61.6 Å². The van der Waals surface area contributed by atoms with Crippen LogP contribution in [0.25, 0.3) is 0 Å². The zero-order valence-electron chi connectivity index (χ0n) is 16.2. The van der Waals surface area contributed by atoms with Gasteiger partial charge in [-0.1, -0.05) is 18.6 Å². The summed E-state index contributed by atoms with van der Waals surface area (Å²) in [5.41, 5.74) is 8.59. The van der Waals surface area contributed by atoms with Crippen molar-refractivity contribution >= 4 is 11.6 Å². The molecule has 0 radical (unpaired) electrons. The molecule has 3 aliphatic rings. The lowest BCUT2D eigenvalue weighted by molar-refractivity contribution is -0.122. The van der Waals surface area contributed by atoms with Crippen LogP contribution in [0.3, 0.4) is 0 Å². The fourth-order valence-corrected chi connectivity index (χ4v) is 5.11. The summed E-state index contributed by atoms with van der Waals surface area (Å²) >= 11 is 0. The Morgan fingerprint density at radius 2 is 1.78 bits per heavy atom. The molecule has 1 aliphatic heterocycles. The van der Waals surface area contributed by atoms with Crippen molar-refractivity contribution in [1.82, 2.24) is 4.90 Å². The summed E-state index contributed by atoms with van der Waals surface area (Å²) in [6.07, 6.45) is 6.63. The Morgan fingerprint density at radius 1 is 1.11 bits per heavy atom. The van der Waals surface area contributed by atoms with Gasteiger partial charge in [0.1, 0.15) is 0 Å². The summed E-state index contributed by atoms with van der Waals surface area (Å²) in [7, 11) is 0. The lowest BCUT2D eigenvalue weighted by Gasteiger charge is -2.43. The van der Waals surface area contributed by atoms with E-state index in [2.05, 4.69) is 22.3 Å². The molecule has 2 bridgehead atoms. The fraction of sp³-hybridized carbons (Fsp3) is 0.682. The molecule has 1 aromatic rings. The third-order valence-electron chi connectivity index (χ3n) is 6.83. The van der Waals surface area contributed by atoms with E-state index in [0.29, 0.717) is 17.9 Å². The van der Waals surface area contributed by atoms with Crippen LogP contribution in [0, 0.1) is 17.8 Å². The van der Waals surface area contributed by atoms with E-state index < -0.39 is 0 Å². The van der Waals surface area contributed by atoms with Crippen LogP contribution in [0.2, 0.25) is 0 Å². The van der Waals surface area contributed by atoms with Crippen LogP contribution < -0.4 is 11.1 Å². The number of carbonyl (C=O) groups is 1. The molecule has 1 aromatic carbocycles. The number of nitrogens with two attached hydrogens (primary N) is 1. The van der Waals surface area contributed by atoms with Crippen molar-refractivity contribution in [3.63, 3.8) is 0 Å². The molecule has 3 N–H and O–H groups in total. The van der Waals surface area contributed by atoms with Crippen molar-refractivity contribution in [3.8, 4) is 0 Å². The van der Waals surface area contributed by atoms with Gasteiger partial charge in [-0.3, -0.25) is 9.69 Å². The Kier molecular flexibility index (Phi) is 6.11. The first-order valence-electron chi connectivity index (χ1n) is 10.6. The molecule has 1 heterocycles. The largest absolute Gasteiger partial charge is 0.379 e. The average molecular weight is 372 g/mol. The minimum Gasteiger partial charge on any atom is -0.379 e. The number of fused-ring (bicyclic) bond motifs is 2. The van der Waals surface area contributed by atoms with Crippen molar-refractivity contribution in [1.29, 1.82) is 0 Å². The van der Waals surface area contributed by atoms with Gasteiger partial charge in [0.25, 0.3) is 0 Å². The van der Waals surface area contributed by atoms with Crippen molar-refractivity contribution < 1.29 is 9.53 Å². The molecule has 27 heavy (non-hydrogen) atoms. The predicted octanol–water partition coefficient (Wildman–Crippen LogP) is 2.65. The van der Waals surface area contributed by atoms with E-state index in [1.54, 1.807) is 0 Å². The highest BCUT2D eigenvalue weighted by atomic mass is 16.5. The lowest BCUT2D eigenvalue weighted by Crippen LogP contribution is -2.48. The predicted molar refractivity (Wildman–Crippen MR) is 108 cm³/mol. The first-order valence-corrected chi connectivity index (χ1v) is 10.6. The van der Waals surface area contributed by atoms with Gasteiger partial charge in [-0.25, -0.2) is 0 Å². The number of carbonyl (C=O) groups excluding carboxylic acids is 1. The third kappa shape index (κ3) is 4.71. The van der Waals surface area contributed by atoms with E-state index in [4.69, 9.17) is 10.5 Å². The van der Waals surface area contributed by atoms with Gasteiger partial charge in [0.2, 0.25) is 5.91 Å². The van der Waals surface area contributed by atoms with E-state index in [1.807, 2.05) is 12.1 Å². The summed E-state index contributed by atoms with van der Waals surface area (Å²) < 4.78 is 5.40. The maximum absolute atomic E-state index is 12.8. The average Bonchev–Trinajstić information content (AvgIpc) is 2.68. The van der Waals surface area contributed by atoms with E-state index in [-0.39, 0.29) is 11.8 Å². The van der Waals surface area contributed by atoms with Crippen LogP contribution in [0.15, 0.2) is 24.3 Å². The fourth-order valence-electron chi connectivity index (χ4n) is 5.11. The molecule has 4 rings (SSSR count). The van der Waals surface area contributed by atoms with Gasteiger partial charge >= 0.3 is 0 Å². The van der Waals surface area contributed by atoms with Crippen LogP contribution in [0.4, 0.5) is 5.69 Å². The number of nitrogens with zero attached hydrogens (tertiary/aromatic N) is 1. The Balaban J connectivity index is 1.27. The van der Waals surface area contributed by atoms with Gasteiger partial charge in [0.05, 0.1) is 13.2 Å². The molecule has 0 aromatic heterocycles. The highest BCUT2D eigenvalue weighted by Gasteiger charge is 2.40. The van der Waals surface area contributed by atoms with Crippen LogP contribution in [-0.4, -0.2) is 49.7 Å². The summed E-state index contributed by atoms with van der Waals surface area (Å²) in [6.45, 7) is 4.82. The number of amides is 1. The smallest absolute Gasteiger partial charge is 0.227 e. The summed E-state index contributed by atoms with van der Waals surface area (Å²) in [5.74, 6) is 1.38. The Hall–Kier alpha value is -1.43. The molecule has 2 atom stereocenters. The summed E-state index contributed by atoms with van der Waals surface area (Å²) in [4.78, 5) is 15.2. The van der Waals surface area contributed by atoms with Gasteiger partial charge in [0, 0.05) is 37.3 Å². The molecule has 2 saturated carbocycles. The maximum Gasteiger partial charge on any atom is 0.227 e. The third-order valence-corrected chi connectivity index (χ3v) is 6.83. The van der Waals surface area contributed by atoms with Crippen LogP contribution in [-0.2, 0) is 16.0 Å². The molecule has 2 aliphatic carbocycles. The van der Waals surface area contributed by atoms with E-state index in [0.717, 1.165) is 57.8 Å². The molecular weight excluding hydrogens is 338 g/mol. The maximum atomic E-state index is 12.8. The van der Waals surface area contributed by atoms with Crippen molar-refractivity contribution in [3.05, 3.63) is 29.8 Å². The van der Waals surface area contributed by atoms with Gasteiger partial charge in [-0.2, -0.15) is 0 Å². The first kappa shape index (κ1) is 18.9. The molecular formula is C22H33N3O2. The first-order chi connectivity index (χ1) is 13.2. The van der Waals surface area contributed by atoms with E-state index >= 15 is 0 Å². The van der Waals surface area contributed by atoms with Crippen molar-refractivity contribution in [2.24, 2.45) is 23.5 Å². The van der Waals surface area contributed by atoms with Crippen molar-refractivity contribution in [2.45, 2.75) is 44.6 Å². The molecule has 2 unspecified atom stereocenters. The second kappa shape index (κ2) is 8.72. The zero-order chi connectivity index (χ0) is 18.6. The number of ether oxygens (including phenoxy) is 1. The minimum atomic E-state index is 0.126. The number of hydrogen-bond donors (Lipinski definition) is 2. The summed E-state index contributed by atoms with van der Waals surface area (Å²) in [5, 5.41) is 3.14. The quantitative estimate of drug-likeness (QED) is 0.835. The molecule has 3 fully saturated rings. The molecule has 5 heteroatoms. The topological polar surface area (TPSA) is 67.6 Å². The monoisotopic (exact) mass is 371 g/mol. The SMILES string of the molecule is NC1C2CCCC1CC(C(=O)Nc1ccc(CCN3CCOCC3)cc1)C2. The number of rotatable bonds is 5. The minimum absolute atomic E-state index is 0.126. The summed E-state index contributed by atoms with van der Waals surface area (Å²) in [6, 6.07) is 8.68. The molecule has 5 nitrogen and oxygen atoms in total. The second-order valence-electron chi connectivity index (χ2n) is 8.59. The van der Waals surface area contributed by atoms with Crippen LogP contribution in [0.5, 0.6) is 0 Å². The highest BCUT2D eigenvalue weighted by molar-refractivity contribution is 5.92. The van der Waals surface area contributed by atoms with Gasteiger partial charge in [-0.15, -0.1) is 0 Å². The second-order valence-corrected chi connectivity index (χ2v) is 8.59. The zero-order valence-corrected chi connectivity index (χ0v) is 16.2. The van der Waals surface area contributed by atoms with Crippen molar-refractivity contribution in [2.75, 3.05) is 38.2 Å². The Labute approximate surface area is 162 Å². The number of nitrogens with one attached hydrogen (secondary N) is 1.